The number of anilines is 1. The smallest absolute Gasteiger partial charge is 0.382 e. The first-order chi connectivity index (χ1) is 7.95. The van der Waals surface area contributed by atoms with Crippen LogP contribution in [-0.2, 0) is 12.6 Å². The maximum atomic E-state index is 12.5. The Kier molecular flexibility index (Phi) is 2.79. The Bertz CT molecular complexity index is 517. The first-order valence-electron chi connectivity index (χ1n) is 4.91. The molecule has 6 heteroatoms. The zero-order chi connectivity index (χ0) is 12.5. The number of benzene rings is 1. The average Bonchev–Trinajstić information content (AvgIpc) is 2.63. The molecule has 0 aliphatic carbocycles. The minimum absolute atomic E-state index is 0.326. The molecule has 0 fully saturated rings. The van der Waals surface area contributed by atoms with Crippen molar-refractivity contribution < 1.29 is 13.2 Å². The molecule has 2 aromatic rings. The first kappa shape index (κ1) is 11.5. The van der Waals surface area contributed by atoms with Gasteiger partial charge in [-0.25, -0.2) is 0 Å². The van der Waals surface area contributed by atoms with Crippen molar-refractivity contribution in [3.8, 4) is 0 Å². The molecule has 1 aromatic heterocycles. The van der Waals surface area contributed by atoms with Gasteiger partial charge in [0, 0.05) is 18.2 Å². The van der Waals surface area contributed by atoms with Gasteiger partial charge in [-0.2, -0.15) is 18.3 Å². The van der Waals surface area contributed by atoms with Crippen molar-refractivity contribution in [3.05, 3.63) is 47.2 Å². The zero-order valence-electron chi connectivity index (χ0n) is 8.75. The monoisotopic (exact) mass is 241 g/mol. The lowest BCUT2D eigenvalue weighted by Crippen LogP contribution is -2.05. The Morgan fingerprint density at radius 1 is 1.24 bits per heavy atom. The molecule has 0 radical (unpaired) electrons. The van der Waals surface area contributed by atoms with Gasteiger partial charge >= 0.3 is 6.18 Å². The van der Waals surface area contributed by atoms with Crippen molar-refractivity contribution in [1.29, 1.82) is 0 Å². The van der Waals surface area contributed by atoms with Gasteiger partial charge < -0.3 is 5.73 Å². The third-order valence-corrected chi connectivity index (χ3v) is 2.30. The zero-order valence-corrected chi connectivity index (χ0v) is 8.75. The summed E-state index contributed by atoms with van der Waals surface area (Å²) in [7, 11) is 0. The van der Waals surface area contributed by atoms with E-state index >= 15 is 0 Å². The van der Waals surface area contributed by atoms with Gasteiger partial charge in [-0.05, 0) is 11.6 Å². The van der Waals surface area contributed by atoms with E-state index in [0.29, 0.717) is 23.5 Å². The molecule has 3 N–H and O–H groups in total. The molecule has 0 aliphatic heterocycles. The number of H-pyrrole nitrogens is 1. The van der Waals surface area contributed by atoms with Crippen LogP contribution in [0, 0.1) is 0 Å². The van der Waals surface area contributed by atoms with Gasteiger partial charge in [0.05, 0.1) is 5.56 Å². The summed E-state index contributed by atoms with van der Waals surface area (Å²) in [5.74, 6) is 0.326. The molecule has 1 heterocycles. The van der Waals surface area contributed by atoms with Crippen molar-refractivity contribution >= 4 is 5.82 Å². The summed E-state index contributed by atoms with van der Waals surface area (Å²) in [5.41, 5.74) is 6.00. The maximum Gasteiger partial charge on any atom is 0.416 e. The summed E-state index contributed by atoms with van der Waals surface area (Å²) < 4.78 is 37.4. The Morgan fingerprint density at radius 2 is 2.00 bits per heavy atom. The summed E-state index contributed by atoms with van der Waals surface area (Å²) in [4.78, 5) is 0. The number of aromatic amines is 1. The highest BCUT2D eigenvalue weighted by Crippen LogP contribution is 2.29. The number of alkyl halides is 3. The Morgan fingerprint density at radius 3 is 2.59 bits per heavy atom. The van der Waals surface area contributed by atoms with E-state index in [2.05, 4.69) is 10.2 Å². The van der Waals surface area contributed by atoms with E-state index in [1.165, 1.54) is 6.07 Å². The summed E-state index contributed by atoms with van der Waals surface area (Å²) in [6.45, 7) is 0. The molecule has 0 saturated heterocycles. The molecule has 17 heavy (non-hydrogen) atoms. The van der Waals surface area contributed by atoms with E-state index in [1.807, 2.05) is 0 Å². The fourth-order valence-corrected chi connectivity index (χ4v) is 1.55. The van der Waals surface area contributed by atoms with E-state index in [-0.39, 0.29) is 0 Å². The molecule has 2 rings (SSSR count). The number of rotatable bonds is 2. The minimum atomic E-state index is -4.32. The number of hydrogen-bond acceptors (Lipinski definition) is 2. The van der Waals surface area contributed by atoms with Crippen molar-refractivity contribution in [2.24, 2.45) is 0 Å². The van der Waals surface area contributed by atoms with Crippen LogP contribution in [0.1, 0.15) is 16.8 Å². The second kappa shape index (κ2) is 4.12. The van der Waals surface area contributed by atoms with Crippen LogP contribution in [-0.4, -0.2) is 10.2 Å². The van der Waals surface area contributed by atoms with Crippen LogP contribution >= 0.6 is 0 Å². The van der Waals surface area contributed by atoms with Gasteiger partial charge in [0.15, 0.2) is 0 Å². The van der Waals surface area contributed by atoms with Crippen molar-refractivity contribution in [3.63, 3.8) is 0 Å². The van der Waals surface area contributed by atoms with E-state index in [0.717, 1.165) is 12.1 Å². The molecule has 0 atom stereocenters. The second-order valence-corrected chi connectivity index (χ2v) is 3.69. The number of aromatic nitrogens is 2. The lowest BCUT2D eigenvalue weighted by atomic mass is 10.1. The first-order valence-corrected chi connectivity index (χ1v) is 4.91. The minimum Gasteiger partial charge on any atom is -0.382 e. The Hall–Kier alpha value is -1.98. The third-order valence-electron chi connectivity index (χ3n) is 2.30. The molecule has 0 amide bonds. The number of nitrogen functional groups attached to an aromatic ring is 1. The molecule has 1 aromatic carbocycles. The highest BCUT2D eigenvalue weighted by atomic mass is 19.4. The summed E-state index contributed by atoms with van der Waals surface area (Å²) >= 11 is 0. The van der Waals surface area contributed by atoms with Crippen LogP contribution in [0.3, 0.4) is 0 Å². The van der Waals surface area contributed by atoms with Crippen LogP contribution in [0.4, 0.5) is 19.0 Å². The van der Waals surface area contributed by atoms with E-state index in [9.17, 15) is 13.2 Å². The van der Waals surface area contributed by atoms with Gasteiger partial charge in [-0.1, -0.05) is 18.2 Å². The number of nitrogens with zero attached hydrogens (tertiary/aromatic N) is 1. The van der Waals surface area contributed by atoms with E-state index in [1.54, 1.807) is 12.1 Å². The number of hydrogen-bond donors (Lipinski definition) is 2. The maximum absolute atomic E-state index is 12.5. The standard InChI is InChI=1S/C11H10F3N3/c12-11(13,14)8-3-1-2-7(4-8)5-9-6-10(15)17-16-9/h1-4,6H,5H2,(H3,15,16,17). The fraction of sp³-hybridized carbons (Fsp3) is 0.182. The predicted octanol–water partition coefficient (Wildman–Crippen LogP) is 2.60. The highest BCUT2D eigenvalue weighted by Gasteiger charge is 2.30. The third kappa shape index (κ3) is 2.77. The van der Waals surface area contributed by atoms with Crippen molar-refractivity contribution in [1.82, 2.24) is 10.2 Å². The van der Waals surface area contributed by atoms with Gasteiger partial charge in [0.2, 0.25) is 0 Å². The SMILES string of the molecule is Nc1cc(Cc2cccc(C(F)(F)F)c2)[nH]n1. The molecule has 3 nitrogen and oxygen atoms in total. The van der Waals surface area contributed by atoms with Crippen molar-refractivity contribution in [2.45, 2.75) is 12.6 Å². The van der Waals surface area contributed by atoms with Crippen LogP contribution < -0.4 is 5.73 Å². The number of nitrogens with one attached hydrogen (secondary N) is 1. The number of nitrogens with two attached hydrogens (primary N) is 1. The largest absolute Gasteiger partial charge is 0.416 e. The molecular weight excluding hydrogens is 231 g/mol. The molecule has 90 valence electrons. The van der Waals surface area contributed by atoms with Gasteiger partial charge in [-0.3, -0.25) is 5.10 Å². The quantitative estimate of drug-likeness (QED) is 0.849. The highest BCUT2D eigenvalue weighted by molar-refractivity contribution is 5.33. The van der Waals surface area contributed by atoms with E-state index in [4.69, 9.17) is 5.73 Å². The van der Waals surface area contributed by atoms with Crippen LogP contribution in [0.5, 0.6) is 0 Å². The average molecular weight is 241 g/mol. The van der Waals surface area contributed by atoms with Crippen LogP contribution in [0.15, 0.2) is 30.3 Å². The van der Waals surface area contributed by atoms with Crippen LogP contribution in [0.2, 0.25) is 0 Å². The fourth-order valence-electron chi connectivity index (χ4n) is 1.55. The van der Waals surface area contributed by atoms with Crippen molar-refractivity contribution in [2.75, 3.05) is 5.73 Å². The number of halogens is 3. The van der Waals surface area contributed by atoms with Gasteiger partial charge in [-0.15, -0.1) is 0 Å². The topological polar surface area (TPSA) is 54.7 Å². The molecule has 0 bridgehead atoms. The normalized spacial score (nSPS) is 11.7. The molecule has 0 spiro atoms. The lowest BCUT2D eigenvalue weighted by molar-refractivity contribution is -0.137. The van der Waals surface area contributed by atoms with Gasteiger partial charge in [0.25, 0.3) is 0 Å². The predicted molar refractivity (Wildman–Crippen MR) is 57.3 cm³/mol. The van der Waals surface area contributed by atoms with E-state index < -0.39 is 11.7 Å². The molecule has 0 unspecified atom stereocenters. The molecule has 0 aliphatic rings. The van der Waals surface area contributed by atoms with Crippen LogP contribution in [0.25, 0.3) is 0 Å². The molecular formula is C11H10F3N3. The summed E-state index contributed by atoms with van der Waals surface area (Å²) in [6.07, 6.45) is -3.98. The Balaban J connectivity index is 2.22. The van der Waals surface area contributed by atoms with Gasteiger partial charge in [0.1, 0.15) is 5.82 Å². The Labute approximate surface area is 95.5 Å². The summed E-state index contributed by atoms with van der Waals surface area (Å²) in [5, 5.41) is 6.37. The lowest BCUT2D eigenvalue weighted by Gasteiger charge is -2.07. The summed E-state index contributed by atoms with van der Waals surface area (Å²) in [6, 6.07) is 6.78. The second-order valence-electron chi connectivity index (χ2n) is 3.69. The molecule has 0 saturated carbocycles.